The molecule has 2 spiro atoms. The zero-order valence-corrected chi connectivity index (χ0v) is 22.1. The number of methoxy groups -OCH3 is 1. The highest BCUT2D eigenvalue weighted by molar-refractivity contribution is 5.82. The summed E-state index contributed by atoms with van der Waals surface area (Å²) in [6.45, 7) is 4.36. The smallest absolute Gasteiger partial charge is 0.0974 e. The van der Waals surface area contributed by atoms with Crippen molar-refractivity contribution in [3.63, 3.8) is 0 Å². The van der Waals surface area contributed by atoms with E-state index in [1.807, 2.05) is 12.4 Å². The number of nitrogens with zero attached hydrogens (tertiary/aromatic N) is 2. The Morgan fingerprint density at radius 1 is 1.14 bits per heavy atom. The Balaban J connectivity index is 1.21. The van der Waals surface area contributed by atoms with Crippen LogP contribution in [0.15, 0.2) is 60.0 Å². The maximum absolute atomic E-state index is 7.49. The lowest BCUT2D eigenvalue weighted by Crippen LogP contribution is -2.55. The highest BCUT2D eigenvalue weighted by atomic mass is 16.5. The van der Waals surface area contributed by atoms with Crippen LogP contribution < -0.4 is 0 Å². The summed E-state index contributed by atoms with van der Waals surface area (Å²) in [5.41, 5.74) is 4.69. The first-order valence-corrected chi connectivity index (χ1v) is 14.1. The van der Waals surface area contributed by atoms with Crippen molar-refractivity contribution in [3.05, 3.63) is 65.5 Å². The Morgan fingerprint density at radius 3 is 2.94 bits per heavy atom. The molecule has 3 aliphatic carbocycles. The maximum atomic E-state index is 7.49. The van der Waals surface area contributed by atoms with Crippen LogP contribution in [-0.4, -0.2) is 54.4 Å². The van der Waals surface area contributed by atoms with Crippen LogP contribution in [0.4, 0.5) is 0 Å². The van der Waals surface area contributed by atoms with Crippen molar-refractivity contribution in [1.82, 2.24) is 9.88 Å². The summed E-state index contributed by atoms with van der Waals surface area (Å²) >= 11 is 0. The molecule has 4 nitrogen and oxygen atoms in total. The number of benzene rings is 1. The van der Waals surface area contributed by atoms with Gasteiger partial charge in [-0.05, 0) is 110 Å². The van der Waals surface area contributed by atoms with Crippen molar-refractivity contribution in [1.29, 1.82) is 0 Å². The fraction of sp³-hybridized carbons (Fsp3) is 0.594. The van der Waals surface area contributed by atoms with Crippen molar-refractivity contribution >= 4 is 10.8 Å². The van der Waals surface area contributed by atoms with Crippen LogP contribution >= 0.6 is 0 Å². The van der Waals surface area contributed by atoms with E-state index in [4.69, 9.17) is 9.47 Å². The van der Waals surface area contributed by atoms with E-state index in [2.05, 4.69) is 60.3 Å². The molecule has 190 valence electrons. The van der Waals surface area contributed by atoms with Crippen LogP contribution in [0.1, 0.15) is 69.8 Å². The van der Waals surface area contributed by atoms with E-state index in [0.29, 0.717) is 17.9 Å². The standard InChI is InChI=1S/C32H40N2O2/c1-30-12-10-26-19-25-6-7-27(34(2)16-17-35-3)20-31(25)13-14-32(26,36-31)29(30)9-8-28(30)23-5-4-22-11-15-33-21-24(22)18-23/h4-5,10-11,15,18-19,21,27-29H,6-9,12-14,16-17,20H2,1-3H3/t27-,28?,29-,30?,31-,32-/m1/s1. The summed E-state index contributed by atoms with van der Waals surface area (Å²) in [4.78, 5) is 6.90. The number of ether oxygens (including phenoxy) is 2. The Kier molecular flexibility index (Phi) is 5.30. The van der Waals surface area contributed by atoms with Crippen LogP contribution in [-0.2, 0) is 9.47 Å². The third-order valence-electron chi connectivity index (χ3n) is 11.0. The molecule has 7 rings (SSSR count). The SMILES string of the molecule is COCCN(C)[C@@H]1CCC2=CC3=CCC4(C)C(c5ccc6ccncc6c5)CC[C@H]4[C@@]34CC[C@]2(C1)O4. The second kappa shape index (κ2) is 8.24. The second-order valence-corrected chi connectivity index (χ2v) is 12.6. The minimum Gasteiger partial charge on any atom is -0.383 e. The zero-order valence-electron chi connectivity index (χ0n) is 22.1. The molecule has 2 bridgehead atoms. The number of rotatable bonds is 5. The summed E-state index contributed by atoms with van der Waals surface area (Å²) in [7, 11) is 4.07. The normalized spacial score (nSPS) is 38.9. The van der Waals surface area contributed by atoms with Gasteiger partial charge in [-0.15, -0.1) is 0 Å². The van der Waals surface area contributed by atoms with E-state index < -0.39 is 0 Å². The summed E-state index contributed by atoms with van der Waals surface area (Å²) in [6.07, 6.45) is 18.7. The van der Waals surface area contributed by atoms with Gasteiger partial charge >= 0.3 is 0 Å². The number of pyridine rings is 1. The number of likely N-dealkylation sites (N-methyl/N-ethyl adjacent to an activating group) is 1. The fourth-order valence-electron chi connectivity index (χ4n) is 9.04. The van der Waals surface area contributed by atoms with E-state index in [9.17, 15) is 0 Å². The molecule has 6 atom stereocenters. The van der Waals surface area contributed by atoms with Crippen molar-refractivity contribution in [2.75, 3.05) is 27.3 Å². The molecule has 2 unspecified atom stereocenters. The van der Waals surface area contributed by atoms with Crippen molar-refractivity contribution < 1.29 is 9.47 Å². The molecule has 3 fully saturated rings. The topological polar surface area (TPSA) is 34.6 Å². The quantitative estimate of drug-likeness (QED) is 0.490. The Morgan fingerprint density at radius 2 is 2.06 bits per heavy atom. The van der Waals surface area contributed by atoms with Crippen LogP contribution in [0.3, 0.4) is 0 Å². The van der Waals surface area contributed by atoms with Crippen LogP contribution in [0.25, 0.3) is 10.8 Å². The van der Waals surface area contributed by atoms with Gasteiger partial charge in [0.15, 0.2) is 0 Å². The Bertz CT molecular complexity index is 1250. The van der Waals surface area contributed by atoms with Crippen LogP contribution in [0.2, 0.25) is 0 Å². The molecule has 1 aromatic carbocycles. The maximum Gasteiger partial charge on any atom is 0.0974 e. The van der Waals surface area contributed by atoms with E-state index in [-0.39, 0.29) is 16.6 Å². The molecule has 5 aliphatic rings. The van der Waals surface area contributed by atoms with Gasteiger partial charge in [-0.1, -0.05) is 31.2 Å². The molecule has 0 radical (unpaired) electrons. The van der Waals surface area contributed by atoms with Gasteiger partial charge in [-0.3, -0.25) is 4.98 Å². The van der Waals surface area contributed by atoms with Gasteiger partial charge in [0.2, 0.25) is 0 Å². The lowest BCUT2D eigenvalue weighted by molar-refractivity contribution is -0.140. The van der Waals surface area contributed by atoms with E-state index in [0.717, 1.165) is 26.0 Å². The Labute approximate surface area is 215 Å². The molecule has 2 saturated carbocycles. The molecule has 2 aromatic rings. The van der Waals surface area contributed by atoms with E-state index in [1.165, 1.54) is 60.4 Å². The number of hydrogen-bond acceptors (Lipinski definition) is 4. The first-order valence-electron chi connectivity index (χ1n) is 14.1. The summed E-state index contributed by atoms with van der Waals surface area (Å²) in [5, 5.41) is 2.55. The molecule has 0 N–H and O–H groups in total. The van der Waals surface area contributed by atoms with E-state index >= 15 is 0 Å². The minimum atomic E-state index is -0.0867. The molecule has 3 heterocycles. The predicted molar refractivity (Wildman–Crippen MR) is 144 cm³/mol. The monoisotopic (exact) mass is 484 g/mol. The van der Waals surface area contributed by atoms with Crippen molar-refractivity contribution in [3.8, 4) is 0 Å². The first-order chi connectivity index (χ1) is 17.5. The van der Waals surface area contributed by atoms with Gasteiger partial charge in [0.25, 0.3) is 0 Å². The molecule has 4 heteroatoms. The lowest BCUT2D eigenvalue weighted by atomic mass is 9.58. The highest BCUT2D eigenvalue weighted by Crippen LogP contribution is 2.69. The van der Waals surface area contributed by atoms with Crippen molar-refractivity contribution in [2.24, 2.45) is 11.3 Å². The van der Waals surface area contributed by atoms with Crippen molar-refractivity contribution in [2.45, 2.75) is 81.5 Å². The van der Waals surface area contributed by atoms with E-state index in [1.54, 1.807) is 12.7 Å². The number of aromatic nitrogens is 1. The molecule has 2 aliphatic heterocycles. The molecule has 1 aromatic heterocycles. The molecular weight excluding hydrogens is 444 g/mol. The predicted octanol–water partition coefficient (Wildman–Crippen LogP) is 6.42. The van der Waals surface area contributed by atoms with Crippen LogP contribution in [0, 0.1) is 11.3 Å². The summed E-state index contributed by atoms with van der Waals surface area (Å²) < 4.78 is 12.9. The third-order valence-corrected chi connectivity index (χ3v) is 11.0. The largest absolute Gasteiger partial charge is 0.383 e. The van der Waals surface area contributed by atoms with Gasteiger partial charge in [-0.25, -0.2) is 0 Å². The summed E-state index contributed by atoms with van der Waals surface area (Å²) in [6, 6.07) is 9.79. The second-order valence-electron chi connectivity index (χ2n) is 12.6. The number of allylic oxidation sites excluding steroid dienone is 1. The molecular formula is C32H40N2O2. The minimum absolute atomic E-state index is 0.0491. The zero-order chi connectivity index (χ0) is 24.5. The van der Waals surface area contributed by atoms with Gasteiger partial charge in [0.05, 0.1) is 17.8 Å². The van der Waals surface area contributed by atoms with Crippen LogP contribution in [0.5, 0.6) is 0 Å². The third kappa shape index (κ3) is 3.20. The average Bonchev–Trinajstić information content (AvgIpc) is 3.41. The van der Waals surface area contributed by atoms with Gasteiger partial charge in [0.1, 0.15) is 0 Å². The Hall–Kier alpha value is -2.01. The average molecular weight is 485 g/mol. The first kappa shape index (κ1) is 23.1. The number of fused-ring (bicyclic) bond motifs is 2. The highest BCUT2D eigenvalue weighted by Gasteiger charge is 2.66. The van der Waals surface area contributed by atoms with Gasteiger partial charge in [0, 0.05) is 37.5 Å². The fourth-order valence-corrected chi connectivity index (χ4v) is 9.04. The number of hydrogen-bond donors (Lipinski definition) is 0. The molecule has 36 heavy (non-hydrogen) atoms. The van der Waals surface area contributed by atoms with Gasteiger partial charge < -0.3 is 14.4 Å². The lowest BCUT2D eigenvalue weighted by Gasteiger charge is -2.55. The molecule has 0 amide bonds. The summed E-state index contributed by atoms with van der Waals surface area (Å²) in [5.74, 6) is 1.16. The van der Waals surface area contributed by atoms with Gasteiger partial charge in [-0.2, -0.15) is 0 Å². The molecule has 1 saturated heterocycles.